The molecule has 2 fully saturated rings. The van der Waals surface area contributed by atoms with Crippen molar-refractivity contribution < 1.29 is 14.3 Å². The zero-order valence-corrected chi connectivity index (χ0v) is 19.3. The lowest BCUT2D eigenvalue weighted by Gasteiger charge is -2.42. The lowest BCUT2D eigenvalue weighted by molar-refractivity contribution is -0.118. The standard InChI is InChI=1S/C24H33N3O3S/c1-14-12-27(13-15(2)29-14)17-4-6-18(7-5-17)30-19-9-10-26-24-23(19)22-16(11-21(25)28)3-8-20(22)31-24/h9-10,14-18H,3-8,11-13H2,1-2H3,(H2,25,28)/t14-,15-,16-,17-,18-/m1/s1. The van der Waals surface area contributed by atoms with Crippen molar-refractivity contribution in [2.45, 2.75) is 89.1 Å². The zero-order chi connectivity index (χ0) is 21.5. The number of carbonyl (C=O) groups excluding carboxylic acids is 1. The van der Waals surface area contributed by atoms with Gasteiger partial charge in [-0.3, -0.25) is 9.69 Å². The number of hydrogen-bond donors (Lipinski definition) is 1. The number of rotatable bonds is 5. The molecule has 0 radical (unpaired) electrons. The molecular weight excluding hydrogens is 410 g/mol. The molecule has 1 amide bonds. The van der Waals surface area contributed by atoms with E-state index in [0.29, 0.717) is 24.7 Å². The van der Waals surface area contributed by atoms with Crippen LogP contribution in [0.4, 0.5) is 0 Å². The molecule has 2 N–H and O–H groups in total. The Labute approximate surface area is 188 Å². The molecule has 0 spiro atoms. The molecule has 0 unspecified atom stereocenters. The van der Waals surface area contributed by atoms with Gasteiger partial charge in [-0.15, -0.1) is 11.3 Å². The van der Waals surface area contributed by atoms with E-state index in [-0.39, 0.29) is 17.9 Å². The number of ether oxygens (including phenoxy) is 2. The Bertz CT molecular complexity index is 943. The highest BCUT2D eigenvalue weighted by molar-refractivity contribution is 7.19. The molecule has 31 heavy (non-hydrogen) atoms. The molecule has 3 atom stereocenters. The summed E-state index contributed by atoms with van der Waals surface area (Å²) in [5.74, 6) is 0.915. The smallest absolute Gasteiger partial charge is 0.218 e. The summed E-state index contributed by atoms with van der Waals surface area (Å²) >= 11 is 1.75. The van der Waals surface area contributed by atoms with Crippen LogP contribution in [-0.4, -0.2) is 53.2 Å². The Balaban J connectivity index is 1.29. The van der Waals surface area contributed by atoms with Crippen LogP contribution in [-0.2, 0) is 16.0 Å². The van der Waals surface area contributed by atoms with E-state index in [0.717, 1.165) is 54.7 Å². The number of morpholine rings is 1. The number of primary amides is 1. The van der Waals surface area contributed by atoms with E-state index in [2.05, 4.69) is 23.7 Å². The third kappa shape index (κ3) is 4.32. The maximum atomic E-state index is 11.6. The second kappa shape index (κ2) is 8.68. The van der Waals surface area contributed by atoms with Crippen LogP contribution in [0.2, 0.25) is 0 Å². The summed E-state index contributed by atoms with van der Waals surface area (Å²) in [6.07, 6.45) is 9.64. The van der Waals surface area contributed by atoms with E-state index in [4.69, 9.17) is 15.2 Å². The van der Waals surface area contributed by atoms with Gasteiger partial charge in [0.15, 0.2) is 0 Å². The maximum Gasteiger partial charge on any atom is 0.218 e. The third-order valence-corrected chi connectivity index (χ3v) is 8.32. The molecule has 3 aliphatic rings. The number of pyridine rings is 1. The summed E-state index contributed by atoms with van der Waals surface area (Å²) in [7, 11) is 0. The molecule has 3 heterocycles. The van der Waals surface area contributed by atoms with E-state index < -0.39 is 0 Å². The van der Waals surface area contributed by atoms with Crippen molar-refractivity contribution in [1.82, 2.24) is 9.88 Å². The molecule has 0 bridgehead atoms. The summed E-state index contributed by atoms with van der Waals surface area (Å²) in [5, 5.41) is 1.13. The van der Waals surface area contributed by atoms with Crippen LogP contribution in [0.5, 0.6) is 5.75 Å². The van der Waals surface area contributed by atoms with Crippen LogP contribution in [0.1, 0.15) is 68.7 Å². The van der Waals surface area contributed by atoms with E-state index in [9.17, 15) is 4.79 Å². The fourth-order valence-corrected chi connectivity index (χ4v) is 7.16. The highest BCUT2D eigenvalue weighted by atomic mass is 32.1. The van der Waals surface area contributed by atoms with Crippen LogP contribution in [0.25, 0.3) is 10.2 Å². The largest absolute Gasteiger partial charge is 0.490 e. The summed E-state index contributed by atoms with van der Waals surface area (Å²) in [4.78, 5) is 21.2. The lowest BCUT2D eigenvalue weighted by Crippen LogP contribution is -2.51. The minimum atomic E-state index is -0.228. The van der Waals surface area contributed by atoms with Gasteiger partial charge in [0.25, 0.3) is 0 Å². The average molecular weight is 444 g/mol. The first-order chi connectivity index (χ1) is 15.0. The van der Waals surface area contributed by atoms with Crippen molar-refractivity contribution in [3.05, 3.63) is 22.7 Å². The minimum Gasteiger partial charge on any atom is -0.490 e. The highest BCUT2D eigenvalue weighted by Crippen LogP contribution is 2.48. The normalized spacial score (nSPS) is 31.6. The second-order valence-electron chi connectivity index (χ2n) is 9.59. The summed E-state index contributed by atoms with van der Waals surface area (Å²) < 4.78 is 12.5. The molecule has 2 aromatic heterocycles. The van der Waals surface area contributed by atoms with Gasteiger partial charge < -0.3 is 15.2 Å². The zero-order valence-electron chi connectivity index (χ0n) is 18.5. The summed E-state index contributed by atoms with van der Waals surface area (Å²) in [6, 6.07) is 2.64. The number of carbonyl (C=O) groups is 1. The number of aryl methyl sites for hydroxylation is 1. The predicted octanol–water partition coefficient (Wildman–Crippen LogP) is 4.00. The molecule has 168 valence electrons. The Morgan fingerprint density at radius 3 is 2.68 bits per heavy atom. The number of fused-ring (bicyclic) bond motifs is 3. The molecule has 0 aromatic carbocycles. The molecule has 2 aromatic rings. The van der Waals surface area contributed by atoms with Gasteiger partial charge in [-0.05, 0) is 69.9 Å². The van der Waals surface area contributed by atoms with Gasteiger partial charge in [0.05, 0.1) is 23.7 Å². The van der Waals surface area contributed by atoms with Gasteiger partial charge in [0.2, 0.25) is 5.91 Å². The molecule has 1 saturated heterocycles. The first kappa shape index (κ1) is 21.2. The number of thiophene rings is 1. The number of nitrogens with zero attached hydrogens (tertiary/aromatic N) is 2. The van der Waals surface area contributed by atoms with Crippen molar-refractivity contribution in [2.75, 3.05) is 13.1 Å². The Morgan fingerprint density at radius 1 is 1.23 bits per heavy atom. The molecule has 1 saturated carbocycles. The third-order valence-electron chi connectivity index (χ3n) is 7.14. The number of nitrogens with two attached hydrogens (primary N) is 1. The van der Waals surface area contributed by atoms with Gasteiger partial charge in [0.1, 0.15) is 10.6 Å². The quantitative estimate of drug-likeness (QED) is 0.756. The van der Waals surface area contributed by atoms with Gasteiger partial charge in [-0.25, -0.2) is 4.98 Å². The Hall–Kier alpha value is -1.70. The maximum absolute atomic E-state index is 11.6. The van der Waals surface area contributed by atoms with Gasteiger partial charge in [-0.2, -0.15) is 0 Å². The highest BCUT2D eigenvalue weighted by Gasteiger charge is 2.33. The SMILES string of the molecule is C[C@@H]1CN([C@H]2CC[C@H](Oc3ccnc4sc5c(c34)[C@@H](CC(N)=O)CC5)CC2)C[C@@H](C)O1. The average Bonchev–Trinajstić information content (AvgIpc) is 3.27. The first-order valence-corrected chi connectivity index (χ1v) is 12.5. The van der Waals surface area contributed by atoms with Crippen LogP contribution in [0.3, 0.4) is 0 Å². The molecule has 6 nitrogen and oxygen atoms in total. The van der Waals surface area contributed by atoms with Crippen LogP contribution in [0.15, 0.2) is 12.3 Å². The number of amides is 1. The molecule has 2 aliphatic carbocycles. The van der Waals surface area contributed by atoms with Crippen LogP contribution >= 0.6 is 11.3 Å². The van der Waals surface area contributed by atoms with Crippen molar-refractivity contribution in [3.63, 3.8) is 0 Å². The Kier molecular flexibility index (Phi) is 5.92. The molecule has 5 rings (SSSR count). The van der Waals surface area contributed by atoms with Crippen molar-refractivity contribution >= 4 is 27.5 Å². The molecule has 7 heteroatoms. The van der Waals surface area contributed by atoms with E-state index in [1.54, 1.807) is 11.3 Å². The molecular formula is C24H33N3O3S. The monoisotopic (exact) mass is 443 g/mol. The number of aromatic nitrogens is 1. The van der Waals surface area contributed by atoms with E-state index in [1.165, 1.54) is 23.3 Å². The topological polar surface area (TPSA) is 77.7 Å². The minimum absolute atomic E-state index is 0.203. The molecule has 1 aliphatic heterocycles. The van der Waals surface area contributed by atoms with E-state index >= 15 is 0 Å². The van der Waals surface area contributed by atoms with Gasteiger partial charge in [0, 0.05) is 36.6 Å². The number of hydrogen-bond acceptors (Lipinski definition) is 6. The summed E-state index contributed by atoms with van der Waals surface area (Å²) in [6.45, 7) is 6.43. The van der Waals surface area contributed by atoms with Crippen LogP contribution < -0.4 is 10.5 Å². The summed E-state index contributed by atoms with van der Waals surface area (Å²) in [5.41, 5.74) is 6.80. The van der Waals surface area contributed by atoms with Crippen molar-refractivity contribution in [3.8, 4) is 5.75 Å². The second-order valence-corrected chi connectivity index (χ2v) is 10.7. The van der Waals surface area contributed by atoms with Crippen LogP contribution in [0, 0.1) is 0 Å². The predicted molar refractivity (Wildman–Crippen MR) is 123 cm³/mol. The lowest BCUT2D eigenvalue weighted by atomic mass is 9.91. The van der Waals surface area contributed by atoms with E-state index in [1.807, 2.05) is 12.3 Å². The van der Waals surface area contributed by atoms with Gasteiger partial charge >= 0.3 is 0 Å². The fourth-order valence-electron chi connectivity index (χ4n) is 5.90. The van der Waals surface area contributed by atoms with Crippen molar-refractivity contribution in [2.24, 2.45) is 5.73 Å². The Morgan fingerprint density at radius 2 is 1.97 bits per heavy atom. The fraction of sp³-hybridized carbons (Fsp3) is 0.667. The van der Waals surface area contributed by atoms with Gasteiger partial charge in [-0.1, -0.05) is 0 Å². The first-order valence-electron chi connectivity index (χ1n) is 11.7. The van der Waals surface area contributed by atoms with Crippen molar-refractivity contribution in [1.29, 1.82) is 0 Å².